The normalized spacial score (nSPS) is 16.9. The van der Waals surface area contributed by atoms with Crippen molar-refractivity contribution in [3.63, 3.8) is 0 Å². The number of imidazole rings is 1. The highest BCUT2D eigenvalue weighted by molar-refractivity contribution is 6.29. The van der Waals surface area contributed by atoms with Crippen molar-refractivity contribution in [2.24, 2.45) is 5.92 Å². The molecule has 1 amide bonds. The summed E-state index contributed by atoms with van der Waals surface area (Å²) in [6.45, 7) is 15.5. The molecule has 1 aliphatic heterocycles. The minimum atomic E-state index is -0.391. The largest absolute Gasteiger partial charge is 0.378 e. The summed E-state index contributed by atoms with van der Waals surface area (Å²) in [6, 6.07) is 0. The summed E-state index contributed by atoms with van der Waals surface area (Å²) in [6.07, 6.45) is 5.62. The number of halogens is 1. The Morgan fingerprint density at radius 1 is 1.03 bits per heavy atom. The van der Waals surface area contributed by atoms with Gasteiger partial charge in [0.05, 0.1) is 18.8 Å². The van der Waals surface area contributed by atoms with Crippen molar-refractivity contribution < 1.29 is 9.53 Å². The zero-order valence-corrected chi connectivity index (χ0v) is 23.2. The fraction of sp³-hybridized carbons (Fsp3) is 0.615. The molecule has 1 saturated heterocycles. The summed E-state index contributed by atoms with van der Waals surface area (Å²) in [4.78, 5) is 40.7. The maximum atomic E-state index is 13.4. The number of anilines is 1. The molecule has 2 aliphatic rings. The van der Waals surface area contributed by atoms with Gasteiger partial charge in [0.2, 0.25) is 11.1 Å². The van der Waals surface area contributed by atoms with E-state index in [2.05, 4.69) is 19.9 Å². The van der Waals surface area contributed by atoms with Crippen LogP contribution < -0.4 is 4.90 Å². The first kappa shape index (κ1) is 25.8. The zero-order chi connectivity index (χ0) is 26.5. The first-order chi connectivity index (χ1) is 17.4. The number of ether oxygens (including phenoxy) is 1. The van der Waals surface area contributed by atoms with Crippen molar-refractivity contribution in [3.8, 4) is 11.4 Å². The molecule has 1 aliphatic carbocycles. The second-order valence-electron chi connectivity index (χ2n) is 11.9. The molecule has 198 valence electrons. The van der Waals surface area contributed by atoms with Crippen LogP contribution in [0.25, 0.3) is 22.6 Å². The number of carbonyl (C=O) groups excluding carboxylic acids is 1. The van der Waals surface area contributed by atoms with E-state index in [-0.39, 0.29) is 11.7 Å². The first-order valence-corrected chi connectivity index (χ1v) is 13.2. The summed E-state index contributed by atoms with van der Waals surface area (Å²) < 4.78 is 7.53. The van der Waals surface area contributed by atoms with Gasteiger partial charge in [-0.05, 0) is 71.9 Å². The van der Waals surface area contributed by atoms with Crippen LogP contribution in [0.2, 0.25) is 5.28 Å². The fourth-order valence-corrected chi connectivity index (χ4v) is 5.31. The molecular formula is C26H35ClN8O2. The van der Waals surface area contributed by atoms with Crippen LogP contribution in [0.1, 0.15) is 65.0 Å². The molecule has 3 aromatic rings. The minimum Gasteiger partial charge on any atom is -0.378 e. The van der Waals surface area contributed by atoms with Crippen molar-refractivity contribution in [1.29, 1.82) is 0 Å². The van der Waals surface area contributed by atoms with Gasteiger partial charge in [0, 0.05) is 43.1 Å². The van der Waals surface area contributed by atoms with Gasteiger partial charge in [-0.15, -0.1) is 0 Å². The fourth-order valence-electron chi connectivity index (χ4n) is 5.07. The molecule has 0 unspecified atom stereocenters. The second-order valence-corrected chi connectivity index (χ2v) is 12.2. The molecule has 37 heavy (non-hydrogen) atoms. The van der Waals surface area contributed by atoms with Crippen LogP contribution in [0.3, 0.4) is 0 Å². The Labute approximate surface area is 222 Å². The van der Waals surface area contributed by atoms with Gasteiger partial charge in [-0.2, -0.15) is 0 Å². The molecule has 5 rings (SSSR count). The number of aromatic nitrogens is 6. The van der Waals surface area contributed by atoms with Crippen molar-refractivity contribution >= 4 is 34.5 Å². The first-order valence-electron chi connectivity index (χ1n) is 12.9. The number of rotatable bonds is 5. The highest BCUT2D eigenvalue weighted by atomic mass is 35.5. The van der Waals surface area contributed by atoms with E-state index in [9.17, 15) is 4.79 Å². The zero-order valence-electron chi connectivity index (χ0n) is 22.5. The molecular weight excluding hydrogens is 492 g/mol. The van der Waals surface area contributed by atoms with E-state index in [1.54, 1.807) is 12.4 Å². The molecule has 0 atom stereocenters. The number of morpholine rings is 1. The molecule has 3 aromatic heterocycles. The van der Waals surface area contributed by atoms with E-state index < -0.39 is 11.1 Å². The molecule has 0 N–H and O–H groups in total. The summed E-state index contributed by atoms with van der Waals surface area (Å²) in [5, 5.41) is 0.421. The monoisotopic (exact) mass is 526 g/mol. The summed E-state index contributed by atoms with van der Waals surface area (Å²) in [5.74, 6) is 1.73. The van der Waals surface area contributed by atoms with Gasteiger partial charge < -0.3 is 14.5 Å². The Balaban J connectivity index is 1.55. The number of fused-ring (bicyclic) bond motifs is 1. The Kier molecular flexibility index (Phi) is 6.60. The molecule has 11 heteroatoms. The number of hydrogen-bond acceptors (Lipinski definition) is 8. The van der Waals surface area contributed by atoms with Crippen LogP contribution in [-0.2, 0) is 11.3 Å². The highest BCUT2D eigenvalue weighted by Crippen LogP contribution is 2.35. The quantitative estimate of drug-likeness (QED) is 0.455. The third-order valence-corrected chi connectivity index (χ3v) is 6.91. The van der Waals surface area contributed by atoms with Gasteiger partial charge in [0.25, 0.3) is 5.91 Å². The lowest BCUT2D eigenvalue weighted by Crippen LogP contribution is -2.56. The van der Waals surface area contributed by atoms with E-state index in [0.29, 0.717) is 60.1 Å². The minimum absolute atomic E-state index is 0.143. The predicted molar refractivity (Wildman–Crippen MR) is 143 cm³/mol. The smallest absolute Gasteiger partial charge is 0.292 e. The van der Waals surface area contributed by atoms with Crippen molar-refractivity contribution in [2.75, 3.05) is 31.2 Å². The molecule has 0 spiro atoms. The van der Waals surface area contributed by atoms with E-state index in [1.807, 2.05) is 51.0 Å². The lowest BCUT2D eigenvalue weighted by atomic mass is 9.95. The molecule has 10 nitrogen and oxygen atoms in total. The summed E-state index contributed by atoms with van der Waals surface area (Å²) in [7, 11) is 0. The van der Waals surface area contributed by atoms with Crippen molar-refractivity contribution in [1.82, 2.24) is 34.4 Å². The second kappa shape index (κ2) is 9.47. The average molecular weight is 527 g/mol. The lowest BCUT2D eigenvalue weighted by Gasteiger charge is -2.45. The molecule has 2 fully saturated rings. The van der Waals surface area contributed by atoms with Gasteiger partial charge in [-0.3, -0.25) is 9.36 Å². The van der Waals surface area contributed by atoms with Crippen LogP contribution >= 0.6 is 11.6 Å². The topological polar surface area (TPSA) is 102 Å². The van der Waals surface area contributed by atoms with E-state index >= 15 is 0 Å². The van der Waals surface area contributed by atoms with Crippen molar-refractivity contribution in [3.05, 3.63) is 23.5 Å². The SMILES string of the molecule is CC(C)(C)N(C(=O)c1ncc(-c2nc(N3CCOCC3)c3nc(Cl)n(CC4CC4)c3n2)cn1)C(C)(C)C. The van der Waals surface area contributed by atoms with Crippen LogP contribution in [-0.4, -0.2) is 77.7 Å². The third kappa shape index (κ3) is 5.27. The molecule has 0 aromatic carbocycles. The highest BCUT2D eigenvalue weighted by Gasteiger charge is 2.37. The predicted octanol–water partition coefficient (Wildman–Crippen LogP) is 4.22. The van der Waals surface area contributed by atoms with Crippen LogP contribution in [0.4, 0.5) is 5.82 Å². The lowest BCUT2D eigenvalue weighted by molar-refractivity contribution is 0.0258. The maximum Gasteiger partial charge on any atom is 0.292 e. The van der Waals surface area contributed by atoms with Gasteiger partial charge >= 0.3 is 0 Å². The van der Waals surface area contributed by atoms with Crippen LogP contribution in [0, 0.1) is 5.92 Å². The Bertz CT molecular complexity index is 1290. The molecule has 0 radical (unpaired) electrons. The van der Waals surface area contributed by atoms with Gasteiger partial charge in [-0.1, -0.05) is 0 Å². The number of amides is 1. The molecule has 0 bridgehead atoms. The van der Waals surface area contributed by atoms with Crippen molar-refractivity contribution in [2.45, 2.75) is 72.0 Å². The van der Waals surface area contributed by atoms with E-state index in [4.69, 9.17) is 26.3 Å². The number of hydrogen-bond donors (Lipinski definition) is 0. The molecule has 1 saturated carbocycles. The Morgan fingerprint density at radius 2 is 1.65 bits per heavy atom. The third-order valence-electron chi connectivity index (χ3n) is 6.62. The number of nitrogens with zero attached hydrogens (tertiary/aromatic N) is 8. The number of carbonyl (C=O) groups is 1. The van der Waals surface area contributed by atoms with Crippen LogP contribution in [0.15, 0.2) is 12.4 Å². The maximum absolute atomic E-state index is 13.4. The van der Waals surface area contributed by atoms with Gasteiger partial charge in [0.15, 0.2) is 22.8 Å². The standard InChI is InChI=1S/C26H35ClN8O2/c1-25(2,3)35(26(4,5)6)23(36)20-28-13-17(14-29-20)19-31-21(33-9-11-37-12-10-33)18-22(32-19)34(24(27)30-18)15-16-7-8-16/h13-14,16H,7-12,15H2,1-6H3. The van der Waals surface area contributed by atoms with Gasteiger partial charge in [0.1, 0.15) is 0 Å². The summed E-state index contributed by atoms with van der Waals surface area (Å²) in [5.41, 5.74) is 1.24. The molecule has 4 heterocycles. The van der Waals surface area contributed by atoms with E-state index in [0.717, 1.165) is 12.4 Å². The average Bonchev–Trinajstić information content (AvgIpc) is 3.60. The van der Waals surface area contributed by atoms with Gasteiger partial charge in [-0.25, -0.2) is 24.9 Å². The Morgan fingerprint density at radius 3 is 2.22 bits per heavy atom. The van der Waals surface area contributed by atoms with Crippen LogP contribution in [0.5, 0.6) is 0 Å². The Hall–Kier alpha value is -2.85. The summed E-state index contributed by atoms with van der Waals surface area (Å²) >= 11 is 6.58. The van der Waals surface area contributed by atoms with E-state index in [1.165, 1.54) is 12.8 Å².